The van der Waals surface area contributed by atoms with Crippen molar-refractivity contribution in [2.75, 3.05) is 0 Å². The van der Waals surface area contributed by atoms with E-state index >= 15 is 0 Å². The van der Waals surface area contributed by atoms with Crippen LogP contribution in [-0.4, -0.2) is 5.97 Å². The fourth-order valence-corrected chi connectivity index (χ4v) is 2.63. The lowest BCUT2D eigenvalue weighted by Gasteiger charge is -2.27. The predicted octanol–water partition coefficient (Wildman–Crippen LogP) is 4.96. The molecule has 0 saturated heterocycles. The summed E-state index contributed by atoms with van der Waals surface area (Å²) in [6.45, 7) is 6.15. The molecule has 0 bridgehead atoms. The van der Waals surface area contributed by atoms with Crippen molar-refractivity contribution in [1.82, 2.24) is 0 Å². The number of benzene rings is 2. The Balaban J connectivity index is 2.25. The van der Waals surface area contributed by atoms with Gasteiger partial charge in [-0.25, -0.2) is 0 Å². The number of rotatable bonds is 5. The van der Waals surface area contributed by atoms with Gasteiger partial charge in [0, 0.05) is 0 Å². The first-order chi connectivity index (χ1) is 9.65. The molecule has 0 aromatic heterocycles. The van der Waals surface area contributed by atoms with Gasteiger partial charge in [0.05, 0.1) is 5.41 Å². The van der Waals surface area contributed by atoms with E-state index in [9.17, 15) is 4.79 Å². The summed E-state index contributed by atoms with van der Waals surface area (Å²) in [6, 6.07) is 13.9. The lowest BCUT2D eigenvalue weighted by Crippen LogP contribution is -2.33. The van der Waals surface area contributed by atoms with Gasteiger partial charge in [-0.1, -0.05) is 51.1 Å². The summed E-state index contributed by atoms with van der Waals surface area (Å²) >= 11 is 0. The molecule has 0 N–H and O–H groups in total. The molecule has 0 aliphatic carbocycles. The Morgan fingerprint density at radius 3 is 2.15 bits per heavy atom. The van der Waals surface area contributed by atoms with Crippen molar-refractivity contribution in [1.29, 1.82) is 0 Å². The molecule has 20 heavy (non-hydrogen) atoms. The monoisotopic (exact) mass is 270 g/mol. The Hall–Kier alpha value is -1.83. The Morgan fingerprint density at radius 1 is 0.950 bits per heavy atom. The molecule has 0 unspecified atom stereocenters. The van der Waals surface area contributed by atoms with E-state index in [0.717, 1.165) is 30.0 Å². The minimum Gasteiger partial charge on any atom is -0.426 e. The molecule has 0 atom stereocenters. The standard InChI is InChI=1S/C18H22O2/c1-4-18(5-2,6-3)17(19)20-16-12-11-14-9-7-8-10-15(14)13-16/h7-13H,4-6H2,1-3H3. The van der Waals surface area contributed by atoms with Crippen LogP contribution in [0.25, 0.3) is 10.8 Å². The van der Waals surface area contributed by atoms with Gasteiger partial charge in [-0.05, 0) is 42.2 Å². The van der Waals surface area contributed by atoms with Crippen molar-refractivity contribution in [3.05, 3.63) is 42.5 Å². The molecule has 2 rings (SSSR count). The summed E-state index contributed by atoms with van der Waals surface area (Å²) in [4.78, 5) is 12.4. The summed E-state index contributed by atoms with van der Waals surface area (Å²) < 4.78 is 5.62. The molecule has 0 fully saturated rings. The number of fused-ring (bicyclic) bond motifs is 1. The van der Waals surface area contributed by atoms with Gasteiger partial charge < -0.3 is 4.74 Å². The number of carbonyl (C=O) groups excluding carboxylic acids is 1. The molecular weight excluding hydrogens is 248 g/mol. The lowest BCUT2D eigenvalue weighted by molar-refractivity contribution is -0.146. The van der Waals surface area contributed by atoms with Crippen molar-refractivity contribution in [3.8, 4) is 5.75 Å². The fraction of sp³-hybridized carbons (Fsp3) is 0.389. The normalized spacial score (nSPS) is 11.6. The molecule has 2 aromatic rings. The summed E-state index contributed by atoms with van der Waals surface area (Å²) in [5, 5.41) is 2.24. The highest BCUT2D eigenvalue weighted by molar-refractivity contribution is 5.85. The van der Waals surface area contributed by atoms with Crippen LogP contribution in [0.1, 0.15) is 40.0 Å². The number of esters is 1. The average Bonchev–Trinajstić information content (AvgIpc) is 2.49. The van der Waals surface area contributed by atoms with Crippen LogP contribution in [0.3, 0.4) is 0 Å². The van der Waals surface area contributed by atoms with Gasteiger partial charge in [-0.15, -0.1) is 0 Å². The third kappa shape index (κ3) is 2.69. The van der Waals surface area contributed by atoms with Crippen molar-refractivity contribution in [3.63, 3.8) is 0 Å². The fourth-order valence-electron chi connectivity index (χ4n) is 2.63. The van der Waals surface area contributed by atoms with Crippen molar-refractivity contribution < 1.29 is 9.53 Å². The van der Waals surface area contributed by atoms with Crippen LogP contribution >= 0.6 is 0 Å². The quantitative estimate of drug-likeness (QED) is 0.567. The lowest BCUT2D eigenvalue weighted by atomic mass is 9.80. The molecule has 0 saturated carbocycles. The molecule has 0 spiro atoms. The second-order valence-corrected chi connectivity index (χ2v) is 5.24. The molecule has 2 aromatic carbocycles. The van der Waals surface area contributed by atoms with E-state index in [2.05, 4.69) is 26.8 Å². The van der Waals surface area contributed by atoms with E-state index in [0.29, 0.717) is 5.75 Å². The van der Waals surface area contributed by atoms with Crippen LogP contribution in [0.4, 0.5) is 0 Å². The Morgan fingerprint density at radius 2 is 1.55 bits per heavy atom. The predicted molar refractivity (Wildman–Crippen MR) is 82.9 cm³/mol. The molecule has 106 valence electrons. The van der Waals surface area contributed by atoms with Crippen LogP contribution in [0.5, 0.6) is 5.75 Å². The highest BCUT2D eigenvalue weighted by atomic mass is 16.5. The third-order valence-corrected chi connectivity index (χ3v) is 4.39. The molecule has 0 amide bonds. The molecule has 0 aliphatic rings. The maximum Gasteiger partial charge on any atom is 0.317 e. The summed E-state index contributed by atoms with van der Waals surface area (Å²) in [5.41, 5.74) is -0.356. The van der Waals surface area contributed by atoms with Gasteiger partial charge in [0.15, 0.2) is 0 Å². The molecule has 2 nitrogen and oxygen atoms in total. The SMILES string of the molecule is CCC(CC)(CC)C(=O)Oc1ccc2ccccc2c1. The highest BCUT2D eigenvalue weighted by Gasteiger charge is 2.34. The average molecular weight is 270 g/mol. The van der Waals surface area contributed by atoms with Crippen LogP contribution in [-0.2, 0) is 4.79 Å². The van der Waals surface area contributed by atoms with Gasteiger partial charge in [0.1, 0.15) is 5.75 Å². The van der Waals surface area contributed by atoms with E-state index in [4.69, 9.17) is 4.74 Å². The van der Waals surface area contributed by atoms with Gasteiger partial charge in [0.25, 0.3) is 0 Å². The molecule has 0 heterocycles. The zero-order valence-corrected chi connectivity index (χ0v) is 12.5. The number of ether oxygens (including phenoxy) is 1. The first-order valence-electron chi connectivity index (χ1n) is 7.36. The largest absolute Gasteiger partial charge is 0.426 e. The van der Waals surface area contributed by atoms with Crippen molar-refractivity contribution in [2.24, 2.45) is 5.41 Å². The Bertz CT molecular complexity index is 589. The number of hydrogen-bond donors (Lipinski definition) is 0. The van der Waals surface area contributed by atoms with Crippen molar-refractivity contribution in [2.45, 2.75) is 40.0 Å². The van der Waals surface area contributed by atoms with E-state index in [-0.39, 0.29) is 11.4 Å². The Kier molecular flexibility index (Phi) is 4.43. The van der Waals surface area contributed by atoms with Crippen LogP contribution in [0.15, 0.2) is 42.5 Å². The van der Waals surface area contributed by atoms with Gasteiger partial charge >= 0.3 is 5.97 Å². The van der Waals surface area contributed by atoms with E-state index in [1.807, 2.05) is 36.4 Å². The maximum atomic E-state index is 12.4. The number of carbonyl (C=O) groups is 1. The van der Waals surface area contributed by atoms with Gasteiger partial charge in [0.2, 0.25) is 0 Å². The van der Waals surface area contributed by atoms with E-state index < -0.39 is 0 Å². The molecule has 2 heteroatoms. The third-order valence-electron chi connectivity index (χ3n) is 4.39. The topological polar surface area (TPSA) is 26.3 Å². The smallest absolute Gasteiger partial charge is 0.317 e. The summed E-state index contributed by atoms with van der Waals surface area (Å²) in [6.07, 6.45) is 2.44. The van der Waals surface area contributed by atoms with Gasteiger partial charge in [-0.3, -0.25) is 4.79 Å². The zero-order chi connectivity index (χ0) is 14.6. The molecular formula is C18H22O2. The highest BCUT2D eigenvalue weighted by Crippen LogP contribution is 2.33. The number of hydrogen-bond acceptors (Lipinski definition) is 2. The first-order valence-corrected chi connectivity index (χ1v) is 7.36. The van der Waals surface area contributed by atoms with Crippen LogP contribution in [0.2, 0.25) is 0 Å². The minimum absolute atomic E-state index is 0.111. The first kappa shape index (κ1) is 14.6. The summed E-state index contributed by atoms with van der Waals surface area (Å²) in [7, 11) is 0. The maximum absolute atomic E-state index is 12.4. The molecule has 0 radical (unpaired) electrons. The molecule has 0 aliphatic heterocycles. The minimum atomic E-state index is -0.356. The van der Waals surface area contributed by atoms with Crippen LogP contribution < -0.4 is 4.74 Å². The Labute approximate surface area is 120 Å². The van der Waals surface area contributed by atoms with Crippen molar-refractivity contribution >= 4 is 16.7 Å². The zero-order valence-electron chi connectivity index (χ0n) is 12.5. The second-order valence-electron chi connectivity index (χ2n) is 5.24. The van der Waals surface area contributed by atoms with Crippen LogP contribution in [0, 0.1) is 5.41 Å². The van der Waals surface area contributed by atoms with E-state index in [1.165, 1.54) is 0 Å². The summed E-state index contributed by atoms with van der Waals surface area (Å²) in [5.74, 6) is 0.522. The van der Waals surface area contributed by atoms with Gasteiger partial charge in [-0.2, -0.15) is 0 Å². The van der Waals surface area contributed by atoms with E-state index in [1.54, 1.807) is 0 Å². The second kappa shape index (κ2) is 6.08.